The lowest BCUT2D eigenvalue weighted by Gasteiger charge is -2.34. The van der Waals surface area contributed by atoms with Crippen molar-refractivity contribution in [2.75, 3.05) is 26.7 Å². The van der Waals surface area contributed by atoms with Crippen molar-refractivity contribution in [2.45, 2.75) is 39.3 Å². The van der Waals surface area contributed by atoms with Crippen LogP contribution in [0.25, 0.3) is 0 Å². The molecule has 0 spiro atoms. The minimum Gasteiger partial charge on any atom is -0.496 e. The van der Waals surface area contributed by atoms with Gasteiger partial charge in [0.15, 0.2) is 0 Å². The molecule has 1 heterocycles. The monoisotopic (exact) mass is 333 g/mol. The minimum absolute atomic E-state index is 0.0712. The van der Waals surface area contributed by atoms with Crippen LogP contribution in [-0.4, -0.2) is 49.5 Å². The van der Waals surface area contributed by atoms with Gasteiger partial charge < -0.3 is 15.4 Å². The summed E-state index contributed by atoms with van der Waals surface area (Å²) in [7, 11) is 1.65. The third kappa shape index (κ3) is 4.71. The van der Waals surface area contributed by atoms with Gasteiger partial charge in [0.25, 0.3) is 0 Å². The van der Waals surface area contributed by atoms with E-state index in [1.807, 2.05) is 26.0 Å². The number of hydrogen-bond acceptors (Lipinski definition) is 4. The summed E-state index contributed by atoms with van der Waals surface area (Å²) in [6.07, 6.45) is 1.08. The van der Waals surface area contributed by atoms with Crippen LogP contribution in [0.5, 0.6) is 5.75 Å². The molecule has 1 aromatic rings. The summed E-state index contributed by atoms with van der Waals surface area (Å²) in [4.78, 5) is 26.3. The first-order valence-corrected chi connectivity index (χ1v) is 8.47. The van der Waals surface area contributed by atoms with E-state index in [-0.39, 0.29) is 18.2 Å². The van der Waals surface area contributed by atoms with E-state index < -0.39 is 6.04 Å². The zero-order valence-electron chi connectivity index (χ0n) is 14.7. The predicted molar refractivity (Wildman–Crippen MR) is 92.9 cm³/mol. The smallest absolute Gasteiger partial charge is 0.237 e. The number of methoxy groups -OCH3 is 1. The number of nitrogens with zero attached hydrogens (tertiary/aromatic N) is 1. The zero-order valence-corrected chi connectivity index (χ0v) is 14.7. The molecule has 6 heteroatoms. The number of ether oxygens (including phenoxy) is 1. The van der Waals surface area contributed by atoms with Crippen molar-refractivity contribution in [1.82, 2.24) is 15.5 Å². The van der Waals surface area contributed by atoms with Crippen LogP contribution >= 0.6 is 0 Å². The molecular weight excluding hydrogens is 306 g/mol. The second-order valence-electron chi connectivity index (χ2n) is 6.14. The first-order chi connectivity index (χ1) is 11.5. The fraction of sp³-hybridized carbons (Fsp3) is 0.556. The molecule has 0 aliphatic carbocycles. The highest BCUT2D eigenvalue weighted by Gasteiger charge is 2.31. The number of piperazine rings is 1. The van der Waals surface area contributed by atoms with Gasteiger partial charge in [-0.05, 0) is 30.5 Å². The van der Waals surface area contributed by atoms with Crippen LogP contribution in [0.3, 0.4) is 0 Å². The molecule has 1 aliphatic rings. The van der Waals surface area contributed by atoms with Crippen LogP contribution in [0.2, 0.25) is 0 Å². The second kappa shape index (κ2) is 8.68. The molecule has 0 radical (unpaired) electrons. The van der Waals surface area contributed by atoms with E-state index in [4.69, 9.17) is 4.74 Å². The Bertz CT molecular complexity index is 589. The zero-order chi connectivity index (χ0) is 17.5. The maximum Gasteiger partial charge on any atom is 0.237 e. The Morgan fingerprint density at radius 1 is 1.46 bits per heavy atom. The van der Waals surface area contributed by atoms with Crippen molar-refractivity contribution < 1.29 is 14.3 Å². The molecule has 2 rings (SSSR count). The molecule has 0 bridgehead atoms. The summed E-state index contributed by atoms with van der Waals surface area (Å²) < 4.78 is 5.29. The van der Waals surface area contributed by atoms with Crippen molar-refractivity contribution in [1.29, 1.82) is 0 Å². The fourth-order valence-electron chi connectivity index (χ4n) is 2.96. The summed E-state index contributed by atoms with van der Waals surface area (Å²) in [6, 6.07) is 5.60. The molecule has 2 amide bonds. The Morgan fingerprint density at radius 2 is 2.25 bits per heavy atom. The van der Waals surface area contributed by atoms with E-state index in [9.17, 15) is 9.59 Å². The molecule has 1 saturated heterocycles. The third-order valence-electron chi connectivity index (χ3n) is 4.24. The first-order valence-electron chi connectivity index (χ1n) is 8.47. The predicted octanol–water partition coefficient (Wildman–Crippen LogP) is 1.22. The van der Waals surface area contributed by atoms with Crippen LogP contribution in [0.1, 0.15) is 30.9 Å². The van der Waals surface area contributed by atoms with Crippen molar-refractivity contribution in [3.05, 3.63) is 29.3 Å². The topological polar surface area (TPSA) is 70.7 Å². The van der Waals surface area contributed by atoms with Gasteiger partial charge in [0.1, 0.15) is 5.75 Å². The Morgan fingerprint density at radius 3 is 2.92 bits per heavy atom. The average molecular weight is 333 g/mol. The van der Waals surface area contributed by atoms with Gasteiger partial charge in [0.2, 0.25) is 11.8 Å². The number of benzene rings is 1. The highest BCUT2D eigenvalue weighted by Crippen LogP contribution is 2.21. The largest absolute Gasteiger partial charge is 0.496 e. The molecule has 132 valence electrons. The summed E-state index contributed by atoms with van der Waals surface area (Å²) >= 11 is 0. The lowest BCUT2D eigenvalue weighted by atomic mass is 10.1. The average Bonchev–Trinajstić information content (AvgIpc) is 2.56. The Labute approximate surface area is 143 Å². The molecule has 0 unspecified atom stereocenters. The lowest BCUT2D eigenvalue weighted by molar-refractivity contribution is -0.134. The molecular formula is C18H27N3O3. The number of carbonyl (C=O) groups is 2. The second-order valence-corrected chi connectivity index (χ2v) is 6.14. The van der Waals surface area contributed by atoms with Gasteiger partial charge in [-0.15, -0.1) is 0 Å². The summed E-state index contributed by atoms with van der Waals surface area (Å²) in [5.41, 5.74) is 2.18. The van der Waals surface area contributed by atoms with Crippen LogP contribution < -0.4 is 15.4 Å². The maximum absolute atomic E-state index is 12.2. The van der Waals surface area contributed by atoms with Gasteiger partial charge in [-0.1, -0.05) is 19.1 Å². The van der Waals surface area contributed by atoms with E-state index in [1.54, 1.807) is 7.11 Å². The molecule has 1 atom stereocenters. The summed E-state index contributed by atoms with van der Waals surface area (Å²) in [5.74, 6) is 0.707. The van der Waals surface area contributed by atoms with Crippen molar-refractivity contribution in [2.24, 2.45) is 0 Å². The molecule has 0 saturated carbocycles. The van der Waals surface area contributed by atoms with E-state index in [2.05, 4.69) is 21.6 Å². The normalized spacial score (nSPS) is 18.1. The Hall–Kier alpha value is -2.08. The van der Waals surface area contributed by atoms with Gasteiger partial charge in [-0.3, -0.25) is 14.5 Å². The number of amides is 2. The first kappa shape index (κ1) is 18.3. The van der Waals surface area contributed by atoms with Crippen LogP contribution in [0.15, 0.2) is 18.2 Å². The molecule has 0 aromatic heterocycles. The molecule has 6 nitrogen and oxygen atoms in total. The number of aryl methyl sites for hydroxylation is 1. The molecule has 1 aliphatic heterocycles. The van der Waals surface area contributed by atoms with Crippen molar-refractivity contribution in [3.8, 4) is 5.75 Å². The van der Waals surface area contributed by atoms with E-state index in [1.165, 1.54) is 0 Å². The number of rotatable bonds is 7. The fourth-order valence-corrected chi connectivity index (χ4v) is 2.96. The number of carbonyl (C=O) groups excluding carboxylic acids is 2. The number of hydrogen-bond donors (Lipinski definition) is 2. The summed E-state index contributed by atoms with van der Waals surface area (Å²) in [5, 5.41) is 5.70. The van der Waals surface area contributed by atoms with Crippen LogP contribution in [-0.2, 0) is 16.1 Å². The number of nitrogens with one attached hydrogen (secondary N) is 2. The highest BCUT2D eigenvalue weighted by molar-refractivity contribution is 5.88. The Balaban J connectivity index is 2.06. The Kier molecular flexibility index (Phi) is 6.61. The highest BCUT2D eigenvalue weighted by atomic mass is 16.5. The van der Waals surface area contributed by atoms with Crippen LogP contribution in [0.4, 0.5) is 0 Å². The molecule has 2 N–H and O–H groups in total. The van der Waals surface area contributed by atoms with E-state index >= 15 is 0 Å². The van der Waals surface area contributed by atoms with Gasteiger partial charge in [-0.2, -0.15) is 0 Å². The summed E-state index contributed by atoms with van der Waals surface area (Å²) in [6.45, 7) is 6.64. The van der Waals surface area contributed by atoms with Gasteiger partial charge >= 0.3 is 0 Å². The minimum atomic E-state index is -0.419. The van der Waals surface area contributed by atoms with Gasteiger partial charge in [-0.25, -0.2) is 0 Å². The SMILES string of the molecule is CCCNC(=O)C[C@H]1C(=O)NCCN1Cc1ccc(OC)c(C)c1. The quantitative estimate of drug-likeness (QED) is 0.787. The lowest BCUT2D eigenvalue weighted by Crippen LogP contribution is -2.56. The molecule has 1 fully saturated rings. The molecule has 1 aromatic carbocycles. The van der Waals surface area contributed by atoms with E-state index in [0.717, 1.165) is 29.8 Å². The standard InChI is InChI=1S/C18H27N3O3/c1-4-7-19-17(22)11-15-18(23)20-8-9-21(15)12-14-5-6-16(24-3)13(2)10-14/h5-6,10,15H,4,7-9,11-12H2,1-3H3,(H,19,22)(H,20,23)/t15-/m0/s1. The van der Waals surface area contributed by atoms with Crippen LogP contribution in [0, 0.1) is 6.92 Å². The maximum atomic E-state index is 12.2. The van der Waals surface area contributed by atoms with Gasteiger partial charge in [0.05, 0.1) is 19.6 Å². The van der Waals surface area contributed by atoms with E-state index in [0.29, 0.717) is 19.6 Å². The molecule has 24 heavy (non-hydrogen) atoms. The third-order valence-corrected chi connectivity index (χ3v) is 4.24. The van der Waals surface area contributed by atoms with Crippen molar-refractivity contribution in [3.63, 3.8) is 0 Å². The van der Waals surface area contributed by atoms with Crippen molar-refractivity contribution >= 4 is 11.8 Å². The van der Waals surface area contributed by atoms with Gasteiger partial charge in [0, 0.05) is 26.2 Å².